The van der Waals surface area contributed by atoms with Crippen LogP contribution in [0.2, 0.25) is 0 Å². The van der Waals surface area contributed by atoms with E-state index in [-0.39, 0.29) is 11.9 Å². The van der Waals surface area contributed by atoms with Crippen molar-refractivity contribution in [1.82, 2.24) is 0 Å². The van der Waals surface area contributed by atoms with Gasteiger partial charge >= 0.3 is 0 Å². The quantitative estimate of drug-likeness (QED) is 0.474. The lowest BCUT2D eigenvalue weighted by Gasteiger charge is -2.25. The van der Waals surface area contributed by atoms with E-state index in [1.54, 1.807) is 12.1 Å². The van der Waals surface area contributed by atoms with Crippen molar-refractivity contribution in [2.45, 2.75) is 31.0 Å². The average Bonchev–Trinajstić information content (AvgIpc) is 3.05. The van der Waals surface area contributed by atoms with E-state index in [1.165, 1.54) is 7.11 Å². The van der Waals surface area contributed by atoms with E-state index in [4.69, 9.17) is 16.0 Å². The maximum absolute atomic E-state index is 13.0. The fourth-order valence-corrected chi connectivity index (χ4v) is 2.98. The number of hydrogen-bond donors (Lipinski definition) is 1. The molecule has 8 heteroatoms. The molecule has 0 aromatic heterocycles. The second-order valence-electron chi connectivity index (χ2n) is 5.43. The highest BCUT2D eigenvalue weighted by Gasteiger charge is 2.29. The van der Waals surface area contributed by atoms with Crippen LogP contribution in [0.4, 0.5) is 10.1 Å². The van der Waals surface area contributed by atoms with Crippen LogP contribution in [-0.2, 0) is 9.53 Å². The van der Waals surface area contributed by atoms with Gasteiger partial charge in [-0.3, -0.25) is 9.18 Å². The van der Waals surface area contributed by atoms with Gasteiger partial charge in [-0.15, -0.1) is 0 Å². The number of halogens is 1. The molecule has 1 aromatic rings. The molecule has 7 nitrogen and oxygen atoms in total. The zero-order chi connectivity index (χ0) is 16.8. The summed E-state index contributed by atoms with van der Waals surface area (Å²) in [5, 5.41) is 3.43. The number of benzene rings is 1. The Balaban J connectivity index is 2.21. The smallest absolute Gasteiger partial charge is 0.240 e. The van der Waals surface area contributed by atoms with E-state index >= 15 is 0 Å². The largest absolute Gasteiger partial charge is 0.376 e. The van der Waals surface area contributed by atoms with Crippen molar-refractivity contribution >= 4 is 11.6 Å². The summed E-state index contributed by atoms with van der Waals surface area (Å²) < 4.78 is 18.3. The first-order chi connectivity index (χ1) is 11.1. The molecule has 1 amide bonds. The first-order valence-corrected chi connectivity index (χ1v) is 7.41. The minimum Gasteiger partial charge on any atom is -0.376 e. The Morgan fingerprint density at radius 3 is 2.78 bits per heavy atom. The minimum absolute atomic E-state index is 0.291. The molecule has 1 aliphatic rings. The van der Waals surface area contributed by atoms with Crippen LogP contribution in [0, 0.1) is 0 Å². The molecule has 23 heavy (non-hydrogen) atoms. The van der Waals surface area contributed by atoms with Crippen LogP contribution in [0.5, 0.6) is 0 Å². The Bertz CT molecular complexity index is 588. The summed E-state index contributed by atoms with van der Waals surface area (Å²) in [6, 6.07) is 6.05. The van der Waals surface area contributed by atoms with Gasteiger partial charge in [-0.05, 0) is 36.1 Å². The molecule has 0 saturated carbocycles. The van der Waals surface area contributed by atoms with Crippen LogP contribution in [0.3, 0.4) is 0 Å². The van der Waals surface area contributed by atoms with Crippen LogP contribution < -0.4 is 10.6 Å². The Labute approximate surface area is 133 Å². The van der Waals surface area contributed by atoms with Gasteiger partial charge in [0.2, 0.25) is 5.91 Å². The first kappa shape index (κ1) is 17.1. The normalized spacial score (nSPS) is 19.9. The van der Waals surface area contributed by atoms with Gasteiger partial charge in [-0.1, -0.05) is 17.2 Å². The fourth-order valence-electron chi connectivity index (χ4n) is 2.98. The first-order valence-electron chi connectivity index (χ1n) is 7.41. The molecule has 2 N–H and O–H groups in total. The molecule has 2 rings (SSSR count). The van der Waals surface area contributed by atoms with Crippen LogP contribution >= 0.6 is 0 Å². The molecule has 1 heterocycles. The van der Waals surface area contributed by atoms with E-state index in [9.17, 15) is 9.18 Å². The summed E-state index contributed by atoms with van der Waals surface area (Å²) in [5.41, 5.74) is 15.5. The minimum atomic E-state index is -0.916. The van der Waals surface area contributed by atoms with Crippen LogP contribution in [-0.4, -0.2) is 38.3 Å². The summed E-state index contributed by atoms with van der Waals surface area (Å²) in [5.74, 6) is -0.331. The zero-order valence-electron chi connectivity index (χ0n) is 12.9. The van der Waals surface area contributed by atoms with Gasteiger partial charge in [0.1, 0.15) is 12.7 Å². The number of carbonyl (C=O) groups excluding carboxylic acids is 1. The van der Waals surface area contributed by atoms with Crippen molar-refractivity contribution in [3.8, 4) is 0 Å². The summed E-state index contributed by atoms with van der Waals surface area (Å²) in [7, 11) is 1.44. The molecule has 3 atom stereocenters. The zero-order valence-corrected chi connectivity index (χ0v) is 12.9. The number of primary amides is 1. The molecule has 1 aliphatic heterocycles. The number of hydrogen-bond acceptors (Lipinski definition) is 4. The fraction of sp³-hybridized carbons (Fsp3) is 0.533. The number of methoxy groups -OCH3 is 1. The predicted octanol–water partition coefficient (Wildman–Crippen LogP) is 2.48. The van der Waals surface area contributed by atoms with Crippen LogP contribution in [0.25, 0.3) is 10.4 Å². The summed E-state index contributed by atoms with van der Waals surface area (Å²) >= 11 is 0. The van der Waals surface area contributed by atoms with E-state index in [1.807, 2.05) is 17.0 Å². The standard InChI is InChI=1S/C15H20FN5O2/c1-23-14(12(9-16)19-20-18)10-4-6-11(7-5-10)21-8-2-3-13(21)15(17)22/h4-7,12-14H,2-3,8-9H2,1H3,(H2,17,22)/t12-,13-,14-/m1/s1. The van der Waals surface area contributed by atoms with Gasteiger partial charge in [0, 0.05) is 24.3 Å². The maximum Gasteiger partial charge on any atom is 0.240 e. The van der Waals surface area contributed by atoms with Crippen molar-refractivity contribution in [3.05, 3.63) is 40.3 Å². The topological polar surface area (TPSA) is 104 Å². The Morgan fingerprint density at radius 2 is 2.26 bits per heavy atom. The third kappa shape index (κ3) is 3.72. The van der Waals surface area contributed by atoms with Crippen molar-refractivity contribution in [2.75, 3.05) is 25.2 Å². The lowest BCUT2D eigenvalue weighted by atomic mass is 10.0. The van der Waals surface area contributed by atoms with Gasteiger partial charge in [0.25, 0.3) is 0 Å². The average molecular weight is 321 g/mol. The molecular weight excluding hydrogens is 301 g/mol. The number of amides is 1. The molecule has 1 fully saturated rings. The SMILES string of the molecule is CO[C@H](c1ccc(N2CCC[C@@H]2C(N)=O)cc1)[C@@H](CF)N=[N+]=[N-]. The van der Waals surface area contributed by atoms with E-state index in [0.717, 1.165) is 25.1 Å². The second kappa shape index (κ2) is 7.80. The number of nitrogens with two attached hydrogens (primary N) is 1. The lowest BCUT2D eigenvalue weighted by molar-refractivity contribution is -0.119. The third-order valence-electron chi connectivity index (χ3n) is 4.10. The Morgan fingerprint density at radius 1 is 1.57 bits per heavy atom. The van der Waals surface area contributed by atoms with E-state index in [0.29, 0.717) is 5.56 Å². The van der Waals surface area contributed by atoms with E-state index in [2.05, 4.69) is 10.0 Å². The van der Waals surface area contributed by atoms with Gasteiger partial charge in [-0.2, -0.15) is 0 Å². The highest BCUT2D eigenvalue weighted by Crippen LogP contribution is 2.29. The second-order valence-corrected chi connectivity index (χ2v) is 5.43. The molecule has 1 saturated heterocycles. The number of nitrogens with zero attached hydrogens (tertiary/aromatic N) is 4. The van der Waals surface area contributed by atoms with Gasteiger partial charge in [0.15, 0.2) is 0 Å². The van der Waals surface area contributed by atoms with Crippen LogP contribution in [0.15, 0.2) is 29.4 Å². The van der Waals surface area contributed by atoms with Crippen molar-refractivity contribution in [3.63, 3.8) is 0 Å². The summed E-state index contributed by atoms with van der Waals surface area (Å²) in [4.78, 5) is 16.1. The monoisotopic (exact) mass is 321 g/mol. The molecule has 0 bridgehead atoms. The molecule has 0 radical (unpaired) electrons. The van der Waals surface area contributed by atoms with Crippen molar-refractivity contribution < 1.29 is 13.9 Å². The lowest BCUT2D eigenvalue weighted by Crippen LogP contribution is -2.40. The number of carbonyl (C=O) groups is 1. The number of anilines is 1. The number of ether oxygens (including phenoxy) is 1. The third-order valence-corrected chi connectivity index (χ3v) is 4.10. The highest BCUT2D eigenvalue weighted by atomic mass is 19.1. The van der Waals surface area contributed by atoms with E-state index < -0.39 is 18.8 Å². The van der Waals surface area contributed by atoms with Gasteiger partial charge in [-0.25, -0.2) is 0 Å². The Kier molecular flexibility index (Phi) is 5.78. The number of azide groups is 1. The number of rotatable bonds is 7. The van der Waals surface area contributed by atoms with Gasteiger partial charge < -0.3 is 15.4 Å². The molecule has 1 aromatic carbocycles. The molecular formula is C15H20FN5O2. The van der Waals surface area contributed by atoms with Crippen molar-refractivity contribution in [1.29, 1.82) is 0 Å². The molecule has 0 aliphatic carbocycles. The highest BCUT2D eigenvalue weighted by molar-refractivity contribution is 5.84. The molecule has 124 valence electrons. The van der Waals surface area contributed by atoms with Gasteiger partial charge in [0.05, 0.1) is 12.1 Å². The predicted molar refractivity (Wildman–Crippen MR) is 84.7 cm³/mol. The summed E-state index contributed by atoms with van der Waals surface area (Å²) in [6.07, 6.45) is 1.01. The van der Waals surface area contributed by atoms with Crippen LogP contribution in [0.1, 0.15) is 24.5 Å². The summed E-state index contributed by atoms with van der Waals surface area (Å²) in [6.45, 7) is -0.0350. The number of alkyl halides is 1. The molecule has 0 unspecified atom stereocenters. The van der Waals surface area contributed by atoms with Crippen molar-refractivity contribution in [2.24, 2.45) is 10.8 Å². The molecule has 0 spiro atoms. The Hall–Kier alpha value is -2.31. The maximum atomic E-state index is 13.0.